The first-order chi connectivity index (χ1) is 17.4. The molecule has 0 saturated heterocycles. The lowest BCUT2D eigenvalue weighted by molar-refractivity contribution is 0.651. The number of anilines is 2. The SMILES string of the molecule is C1=CC2C(N(c3ccccc3)c3ccc(-c4ccccc4)cc3)=CC=C3c4ccccc4C(=C1)C32. The maximum atomic E-state index is 2.43. The minimum absolute atomic E-state index is 0.288. The van der Waals surface area contributed by atoms with Crippen LogP contribution in [0.3, 0.4) is 0 Å². The summed E-state index contributed by atoms with van der Waals surface area (Å²) in [5, 5.41) is 0. The van der Waals surface area contributed by atoms with Crippen molar-refractivity contribution in [3.05, 3.63) is 156 Å². The predicted octanol–water partition coefficient (Wildman–Crippen LogP) is 8.67. The van der Waals surface area contributed by atoms with E-state index in [9.17, 15) is 0 Å². The van der Waals surface area contributed by atoms with Crippen LogP contribution < -0.4 is 4.90 Å². The Bertz CT molecular complexity index is 1520. The van der Waals surface area contributed by atoms with Crippen LogP contribution in [0.2, 0.25) is 0 Å². The highest BCUT2D eigenvalue weighted by molar-refractivity contribution is 5.98. The summed E-state index contributed by atoms with van der Waals surface area (Å²) in [5.41, 5.74) is 11.8. The molecule has 0 fully saturated rings. The van der Waals surface area contributed by atoms with Crippen molar-refractivity contribution in [2.45, 2.75) is 0 Å². The van der Waals surface area contributed by atoms with Gasteiger partial charge in [-0.05, 0) is 63.7 Å². The van der Waals surface area contributed by atoms with Gasteiger partial charge in [0.25, 0.3) is 0 Å². The molecule has 35 heavy (non-hydrogen) atoms. The molecule has 2 atom stereocenters. The summed E-state index contributed by atoms with van der Waals surface area (Å²) in [5.74, 6) is 0.656. The maximum Gasteiger partial charge on any atom is 0.0459 e. The fraction of sp³-hybridized carbons (Fsp3) is 0.0588. The highest BCUT2D eigenvalue weighted by atomic mass is 15.2. The summed E-state index contributed by atoms with van der Waals surface area (Å²) in [4.78, 5) is 2.43. The lowest BCUT2D eigenvalue weighted by Crippen LogP contribution is -2.29. The van der Waals surface area contributed by atoms with Gasteiger partial charge < -0.3 is 4.90 Å². The Morgan fingerprint density at radius 3 is 1.77 bits per heavy atom. The van der Waals surface area contributed by atoms with Crippen LogP contribution in [0.5, 0.6) is 0 Å². The summed E-state index contributed by atoms with van der Waals surface area (Å²) in [6.45, 7) is 0. The molecule has 0 aliphatic heterocycles. The Kier molecular flexibility index (Phi) is 4.67. The van der Waals surface area contributed by atoms with Crippen molar-refractivity contribution in [2.24, 2.45) is 11.8 Å². The maximum absolute atomic E-state index is 2.43. The quantitative estimate of drug-likeness (QED) is 0.302. The highest BCUT2D eigenvalue weighted by Gasteiger charge is 2.41. The molecule has 0 amide bonds. The Morgan fingerprint density at radius 1 is 0.486 bits per heavy atom. The number of para-hydroxylation sites is 1. The van der Waals surface area contributed by atoms with E-state index in [1.54, 1.807) is 0 Å². The normalized spacial score (nSPS) is 19.3. The van der Waals surface area contributed by atoms with Gasteiger partial charge in [-0.3, -0.25) is 0 Å². The third-order valence-corrected chi connectivity index (χ3v) is 7.45. The molecule has 3 aliphatic rings. The Labute approximate surface area is 206 Å². The molecule has 0 spiro atoms. The van der Waals surface area contributed by atoms with Gasteiger partial charge in [0.1, 0.15) is 0 Å². The van der Waals surface area contributed by atoms with Crippen LogP contribution in [0.25, 0.3) is 22.3 Å². The van der Waals surface area contributed by atoms with E-state index in [0.717, 1.165) is 0 Å². The molecule has 4 aromatic rings. The van der Waals surface area contributed by atoms with Gasteiger partial charge in [0.05, 0.1) is 0 Å². The van der Waals surface area contributed by atoms with Crippen LogP contribution in [0.4, 0.5) is 11.4 Å². The van der Waals surface area contributed by atoms with E-state index in [1.807, 2.05) is 0 Å². The average Bonchev–Trinajstić information content (AvgIpc) is 3.27. The molecule has 0 bridgehead atoms. The summed E-state index contributed by atoms with van der Waals surface area (Å²) in [7, 11) is 0. The first kappa shape index (κ1) is 20.1. The molecule has 1 nitrogen and oxygen atoms in total. The summed E-state index contributed by atoms with van der Waals surface area (Å²) < 4.78 is 0. The van der Waals surface area contributed by atoms with Gasteiger partial charge in [0, 0.05) is 28.9 Å². The van der Waals surface area contributed by atoms with E-state index in [2.05, 4.69) is 144 Å². The molecule has 0 aromatic heterocycles. The molecule has 0 saturated carbocycles. The van der Waals surface area contributed by atoms with E-state index >= 15 is 0 Å². The monoisotopic (exact) mass is 447 g/mol. The van der Waals surface area contributed by atoms with Crippen LogP contribution in [-0.4, -0.2) is 0 Å². The number of nitrogens with zero attached hydrogens (tertiary/aromatic N) is 1. The Hall–Kier alpha value is -4.36. The van der Waals surface area contributed by atoms with Crippen molar-refractivity contribution >= 4 is 22.5 Å². The van der Waals surface area contributed by atoms with E-state index in [0.29, 0.717) is 5.92 Å². The van der Waals surface area contributed by atoms with Crippen molar-refractivity contribution in [2.75, 3.05) is 4.90 Å². The Balaban J connectivity index is 1.35. The molecule has 3 aliphatic carbocycles. The molecule has 1 heteroatoms. The average molecular weight is 448 g/mol. The van der Waals surface area contributed by atoms with E-state index < -0.39 is 0 Å². The second-order valence-electron chi connectivity index (χ2n) is 9.35. The smallest absolute Gasteiger partial charge is 0.0459 e. The van der Waals surface area contributed by atoms with Crippen molar-refractivity contribution in [3.8, 4) is 11.1 Å². The minimum Gasteiger partial charge on any atom is -0.314 e. The van der Waals surface area contributed by atoms with Gasteiger partial charge in [0.2, 0.25) is 0 Å². The number of fused-ring (bicyclic) bond motifs is 3. The van der Waals surface area contributed by atoms with Gasteiger partial charge in [-0.15, -0.1) is 0 Å². The van der Waals surface area contributed by atoms with Crippen LogP contribution in [-0.2, 0) is 0 Å². The fourth-order valence-electron chi connectivity index (χ4n) is 5.89. The summed E-state index contributed by atoms with van der Waals surface area (Å²) >= 11 is 0. The van der Waals surface area contributed by atoms with Crippen molar-refractivity contribution in [1.29, 1.82) is 0 Å². The molecule has 4 aromatic carbocycles. The number of hydrogen-bond donors (Lipinski definition) is 0. The van der Waals surface area contributed by atoms with Crippen molar-refractivity contribution in [3.63, 3.8) is 0 Å². The minimum atomic E-state index is 0.288. The third-order valence-electron chi connectivity index (χ3n) is 7.45. The number of allylic oxidation sites excluding steroid dienone is 7. The van der Waals surface area contributed by atoms with E-state index in [-0.39, 0.29) is 5.92 Å². The predicted molar refractivity (Wildman–Crippen MR) is 147 cm³/mol. The Morgan fingerprint density at radius 2 is 1.06 bits per heavy atom. The summed E-state index contributed by atoms with van der Waals surface area (Å²) in [6, 6.07) is 39.2. The lowest BCUT2D eigenvalue weighted by atomic mass is 9.75. The van der Waals surface area contributed by atoms with Crippen LogP contribution in [0.15, 0.2) is 145 Å². The van der Waals surface area contributed by atoms with E-state index in [1.165, 1.54) is 50.5 Å². The molecule has 0 heterocycles. The third kappa shape index (κ3) is 3.24. The van der Waals surface area contributed by atoms with Crippen LogP contribution in [0.1, 0.15) is 11.1 Å². The molecule has 166 valence electrons. The molecule has 7 rings (SSSR count). The first-order valence-electron chi connectivity index (χ1n) is 12.3. The van der Waals surface area contributed by atoms with Crippen molar-refractivity contribution in [1.82, 2.24) is 0 Å². The zero-order chi connectivity index (χ0) is 23.2. The zero-order valence-electron chi connectivity index (χ0n) is 19.4. The largest absolute Gasteiger partial charge is 0.314 e. The summed E-state index contributed by atoms with van der Waals surface area (Å²) in [6.07, 6.45) is 11.6. The van der Waals surface area contributed by atoms with Gasteiger partial charge >= 0.3 is 0 Å². The highest BCUT2D eigenvalue weighted by Crippen LogP contribution is 2.55. The van der Waals surface area contributed by atoms with Crippen LogP contribution in [0, 0.1) is 11.8 Å². The van der Waals surface area contributed by atoms with Gasteiger partial charge in [-0.1, -0.05) is 109 Å². The molecule has 0 radical (unpaired) electrons. The number of benzene rings is 4. The molecular formula is C34H25N. The van der Waals surface area contributed by atoms with Gasteiger partial charge in [-0.25, -0.2) is 0 Å². The molecule has 2 unspecified atom stereocenters. The van der Waals surface area contributed by atoms with E-state index in [4.69, 9.17) is 0 Å². The fourth-order valence-corrected chi connectivity index (χ4v) is 5.89. The number of hydrogen-bond acceptors (Lipinski definition) is 1. The lowest BCUT2D eigenvalue weighted by Gasteiger charge is -2.38. The second kappa shape index (κ2) is 8.14. The zero-order valence-corrected chi connectivity index (χ0v) is 19.4. The standard InChI is InChI=1S/C34H25N/c1-3-10-24(11-4-1)25-18-20-27(21-19-25)35(26-12-5-2-6-13-26)33-23-22-31-29-15-8-7-14-28(29)30-16-9-17-32(33)34(30)31/h1-23,32,34H. The topological polar surface area (TPSA) is 3.24 Å². The first-order valence-corrected chi connectivity index (χ1v) is 12.3. The second-order valence-corrected chi connectivity index (χ2v) is 9.35. The molecule has 0 N–H and O–H groups in total. The van der Waals surface area contributed by atoms with Gasteiger partial charge in [0.15, 0.2) is 0 Å². The molecular weight excluding hydrogens is 422 g/mol. The van der Waals surface area contributed by atoms with Gasteiger partial charge in [-0.2, -0.15) is 0 Å². The van der Waals surface area contributed by atoms with Crippen molar-refractivity contribution < 1.29 is 0 Å². The van der Waals surface area contributed by atoms with Crippen LogP contribution >= 0.6 is 0 Å². The number of rotatable bonds is 4.